The predicted octanol–water partition coefficient (Wildman–Crippen LogP) is 2.95. The van der Waals surface area contributed by atoms with Crippen LogP contribution in [0.5, 0.6) is 11.5 Å². The Kier molecular flexibility index (Phi) is 4.70. The van der Waals surface area contributed by atoms with Gasteiger partial charge in [-0.05, 0) is 55.9 Å². The minimum Gasteiger partial charge on any atom is -0.493 e. The highest BCUT2D eigenvalue weighted by Crippen LogP contribution is 2.34. The lowest BCUT2D eigenvalue weighted by atomic mass is 9.87. The van der Waals surface area contributed by atoms with Crippen LogP contribution in [0.1, 0.15) is 37.8 Å². The summed E-state index contributed by atoms with van der Waals surface area (Å²) in [7, 11) is 3.39. The molecular weight excluding hydrogens is 238 g/mol. The molecule has 3 heteroatoms. The fourth-order valence-corrected chi connectivity index (χ4v) is 2.75. The zero-order valence-electron chi connectivity index (χ0n) is 12.5. The summed E-state index contributed by atoms with van der Waals surface area (Å²) in [4.78, 5) is 0. The van der Waals surface area contributed by atoms with E-state index in [2.05, 4.69) is 31.3 Å². The summed E-state index contributed by atoms with van der Waals surface area (Å²) in [6, 6.07) is 5.44. The van der Waals surface area contributed by atoms with Crippen molar-refractivity contribution in [2.75, 3.05) is 14.2 Å². The van der Waals surface area contributed by atoms with Gasteiger partial charge in [0, 0.05) is 12.1 Å². The number of nitrogens with one attached hydrogen (secondary N) is 1. The molecule has 1 aliphatic rings. The van der Waals surface area contributed by atoms with Crippen LogP contribution < -0.4 is 14.8 Å². The summed E-state index contributed by atoms with van der Waals surface area (Å²) in [5.74, 6) is 1.68. The van der Waals surface area contributed by atoms with Crippen LogP contribution in [0.3, 0.4) is 0 Å². The van der Waals surface area contributed by atoms with E-state index in [1.165, 1.54) is 24.0 Å². The first-order chi connectivity index (χ1) is 9.17. The molecule has 2 atom stereocenters. The molecule has 0 radical (unpaired) electrons. The SMILES string of the molecule is CCC(C)NC1CCc2cc(OC)c(OC)cc2C1. The van der Waals surface area contributed by atoms with E-state index in [1.54, 1.807) is 14.2 Å². The van der Waals surface area contributed by atoms with Crippen molar-refractivity contribution in [2.24, 2.45) is 0 Å². The van der Waals surface area contributed by atoms with Gasteiger partial charge >= 0.3 is 0 Å². The van der Waals surface area contributed by atoms with Gasteiger partial charge in [0.1, 0.15) is 0 Å². The second-order valence-corrected chi connectivity index (χ2v) is 5.39. The monoisotopic (exact) mass is 263 g/mol. The summed E-state index contributed by atoms with van der Waals surface area (Å²) in [6.45, 7) is 4.48. The normalized spacial score (nSPS) is 19.7. The number of rotatable bonds is 5. The van der Waals surface area contributed by atoms with Gasteiger partial charge in [-0.25, -0.2) is 0 Å². The Balaban J connectivity index is 2.15. The van der Waals surface area contributed by atoms with E-state index in [0.717, 1.165) is 24.3 Å². The van der Waals surface area contributed by atoms with Gasteiger partial charge in [0.15, 0.2) is 11.5 Å². The summed E-state index contributed by atoms with van der Waals surface area (Å²) in [5, 5.41) is 3.70. The molecule has 1 aliphatic carbocycles. The lowest BCUT2D eigenvalue weighted by molar-refractivity contribution is 0.351. The Morgan fingerprint density at radius 1 is 1.21 bits per heavy atom. The first-order valence-electron chi connectivity index (χ1n) is 7.17. The average Bonchev–Trinajstić information content (AvgIpc) is 2.45. The van der Waals surface area contributed by atoms with Crippen molar-refractivity contribution in [1.82, 2.24) is 5.32 Å². The van der Waals surface area contributed by atoms with Gasteiger partial charge in [-0.3, -0.25) is 0 Å². The number of benzene rings is 1. The van der Waals surface area contributed by atoms with Gasteiger partial charge in [-0.2, -0.15) is 0 Å². The number of hydrogen-bond donors (Lipinski definition) is 1. The maximum absolute atomic E-state index is 5.39. The molecule has 2 unspecified atom stereocenters. The fourth-order valence-electron chi connectivity index (χ4n) is 2.75. The number of aryl methyl sites for hydroxylation is 1. The number of ether oxygens (including phenoxy) is 2. The Hall–Kier alpha value is -1.22. The van der Waals surface area contributed by atoms with Gasteiger partial charge in [0.25, 0.3) is 0 Å². The second-order valence-electron chi connectivity index (χ2n) is 5.39. The van der Waals surface area contributed by atoms with Crippen molar-refractivity contribution in [3.8, 4) is 11.5 Å². The van der Waals surface area contributed by atoms with E-state index in [-0.39, 0.29) is 0 Å². The van der Waals surface area contributed by atoms with Crippen LogP contribution in [0.15, 0.2) is 12.1 Å². The van der Waals surface area contributed by atoms with E-state index in [0.29, 0.717) is 12.1 Å². The molecule has 0 amide bonds. The van der Waals surface area contributed by atoms with E-state index in [1.807, 2.05) is 0 Å². The van der Waals surface area contributed by atoms with Crippen molar-refractivity contribution in [2.45, 2.75) is 51.6 Å². The van der Waals surface area contributed by atoms with Crippen molar-refractivity contribution >= 4 is 0 Å². The van der Waals surface area contributed by atoms with Crippen molar-refractivity contribution in [3.05, 3.63) is 23.3 Å². The fraction of sp³-hybridized carbons (Fsp3) is 0.625. The standard InChI is InChI=1S/C16H25NO2/c1-5-11(2)17-14-7-6-12-9-15(18-3)16(19-4)10-13(12)8-14/h9-11,14,17H,5-8H2,1-4H3. The van der Waals surface area contributed by atoms with Gasteiger partial charge < -0.3 is 14.8 Å². The minimum atomic E-state index is 0.584. The van der Waals surface area contributed by atoms with Gasteiger partial charge in [-0.15, -0.1) is 0 Å². The van der Waals surface area contributed by atoms with Gasteiger partial charge in [0.2, 0.25) is 0 Å². The third-order valence-corrected chi connectivity index (χ3v) is 4.07. The number of fused-ring (bicyclic) bond motifs is 1. The molecule has 0 heterocycles. The molecule has 0 aliphatic heterocycles. The van der Waals surface area contributed by atoms with Gasteiger partial charge in [0.05, 0.1) is 14.2 Å². The van der Waals surface area contributed by atoms with Crippen LogP contribution in [0.2, 0.25) is 0 Å². The van der Waals surface area contributed by atoms with E-state index in [9.17, 15) is 0 Å². The van der Waals surface area contributed by atoms with E-state index in [4.69, 9.17) is 9.47 Å². The minimum absolute atomic E-state index is 0.584. The molecule has 0 aromatic heterocycles. The maximum atomic E-state index is 5.39. The first kappa shape index (κ1) is 14.2. The Labute approximate surface area is 116 Å². The summed E-state index contributed by atoms with van der Waals surface area (Å²) in [6.07, 6.45) is 4.58. The summed E-state index contributed by atoms with van der Waals surface area (Å²) < 4.78 is 10.8. The molecular formula is C16H25NO2. The van der Waals surface area contributed by atoms with Crippen molar-refractivity contribution in [3.63, 3.8) is 0 Å². The molecule has 0 spiro atoms. The third-order valence-electron chi connectivity index (χ3n) is 4.07. The predicted molar refractivity (Wildman–Crippen MR) is 78.2 cm³/mol. The van der Waals surface area contributed by atoms with Crippen LogP contribution in [-0.2, 0) is 12.8 Å². The first-order valence-corrected chi connectivity index (χ1v) is 7.17. The Morgan fingerprint density at radius 3 is 2.42 bits per heavy atom. The Bertz CT molecular complexity index is 431. The van der Waals surface area contributed by atoms with Crippen molar-refractivity contribution < 1.29 is 9.47 Å². The molecule has 3 nitrogen and oxygen atoms in total. The number of hydrogen-bond acceptors (Lipinski definition) is 3. The van der Waals surface area contributed by atoms with Gasteiger partial charge in [-0.1, -0.05) is 6.92 Å². The molecule has 1 aromatic rings. The smallest absolute Gasteiger partial charge is 0.161 e. The summed E-state index contributed by atoms with van der Waals surface area (Å²) in [5.41, 5.74) is 2.80. The van der Waals surface area contributed by atoms with E-state index >= 15 is 0 Å². The average molecular weight is 263 g/mol. The molecule has 106 valence electrons. The molecule has 1 aromatic carbocycles. The molecule has 0 saturated heterocycles. The second kappa shape index (κ2) is 6.29. The maximum Gasteiger partial charge on any atom is 0.161 e. The molecule has 2 rings (SSSR count). The lowest BCUT2D eigenvalue weighted by Gasteiger charge is -2.29. The highest BCUT2D eigenvalue weighted by atomic mass is 16.5. The highest BCUT2D eigenvalue weighted by Gasteiger charge is 2.21. The van der Waals surface area contributed by atoms with Crippen LogP contribution >= 0.6 is 0 Å². The Morgan fingerprint density at radius 2 is 1.84 bits per heavy atom. The molecule has 19 heavy (non-hydrogen) atoms. The summed E-state index contributed by atoms with van der Waals surface area (Å²) >= 11 is 0. The largest absolute Gasteiger partial charge is 0.493 e. The number of methoxy groups -OCH3 is 2. The molecule has 1 N–H and O–H groups in total. The van der Waals surface area contributed by atoms with Crippen LogP contribution in [0.4, 0.5) is 0 Å². The van der Waals surface area contributed by atoms with Crippen molar-refractivity contribution in [1.29, 1.82) is 0 Å². The zero-order valence-corrected chi connectivity index (χ0v) is 12.5. The molecule has 0 bridgehead atoms. The van der Waals surface area contributed by atoms with Crippen LogP contribution in [0.25, 0.3) is 0 Å². The highest BCUT2D eigenvalue weighted by molar-refractivity contribution is 5.48. The molecule has 0 fully saturated rings. The lowest BCUT2D eigenvalue weighted by Crippen LogP contribution is -2.39. The third kappa shape index (κ3) is 3.21. The molecule has 0 saturated carbocycles. The topological polar surface area (TPSA) is 30.5 Å². The quantitative estimate of drug-likeness (QED) is 0.886. The van der Waals surface area contributed by atoms with Crippen LogP contribution in [-0.4, -0.2) is 26.3 Å². The zero-order chi connectivity index (χ0) is 13.8. The van der Waals surface area contributed by atoms with E-state index < -0.39 is 0 Å². The van der Waals surface area contributed by atoms with Crippen LogP contribution in [0, 0.1) is 0 Å².